The number of rotatable bonds is 4. The largest absolute Gasteiger partial charge is 0.325 e. The molecule has 1 aromatic carbocycles. The van der Waals surface area contributed by atoms with E-state index in [0.717, 1.165) is 6.07 Å². The van der Waals surface area contributed by atoms with Crippen LogP contribution in [0.1, 0.15) is 12.5 Å². The molecule has 2 N–H and O–H groups in total. The number of amides is 1. The van der Waals surface area contributed by atoms with E-state index >= 15 is 0 Å². The molecule has 90 valence electrons. The fourth-order valence-corrected chi connectivity index (χ4v) is 1.37. The molecule has 17 heavy (non-hydrogen) atoms. The molecular weight excluding hydrogens is 221 g/mol. The zero-order valence-electron chi connectivity index (χ0n) is 9.75. The highest BCUT2D eigenvalue weighted by Gasteiger charge is 2.13. The van der Waals surface area contributed by atoms with Gasteiger partial charge in [0.05, 0.1) is 11.3 Å². The predicted molar refractivity (Wildman–Crippen MR) is 62.8 cm³/mol. The van der Waals surface area contributed by atoms with Crippen molar-refractivity contribution in [1.29, 1.82) is 5.26 Å². The van der Waals surface area contributed by atoms with Gasteiger partial charge in [-0.3, -0.25) is 4.79 Å². The summed E-state index contributed by atoms with van der Waals surface area (Å²) in [6, 6.07) is 5.53. The zero-order chi connectivity index (χ0) is 12.8. The Kier molecular flexibility index (Phi) is 4.61. The standard InChI is InChI=1S/C12H14FN3O/c1-8(7-15-2)12(17)16-11-4-3-10(13)5-9(11)6-14/h3-5,8,15H,7H2,1-2H3,(H,16,17). The van der Waals surface area contributed by atoms with E-state index in [2.05, 4.69) is 10.6 Å². The third-order valence-electron chi connectivity index (χ3n) is 2.32. The van der Waals surface area contributed by atoms with E-state index in [1.165, 1.54) is 12.1 Å². The van der Waals surface area contributed by atoms with Crippen LogP contribution in [-0.4, -0.2) is 19.5 Å². The summed E-state index contributed by atoms with van der Waals surface area (Å²) in [6.45, 7) is 2.30. The van der Waals surface area contributed by atoms with Crippen LogP contribution < -0.4 is 10.6 Å². The third kappa shape index (κ3) is 3.54. The minimum Gasteiger partial charge on any atom is -0.325 e. The molecule has 0 aromatic heterocycles. The zero-order valence-corrected chi connectivity index (χ0v) is 9.75. The maximum Gasteiger partial charge on any atom is 0.228 e. The Morgan fingerprint density at radius 3 is 2.88 bits per heavy atom. The molecule has 1 amide bonds. The Bertz CT molecular complexity index is 454. The number of nitrogens with one attached hydrogen (secondary N) is 2. The molecule has 5 heteroatoms. The Hall–Kier alpha value is -1.93. The molecule has 0 bridgehead atoms. The second kappa shape index (κ2) is 5.97. The van der Waals surface area contributed by atoms with Gasteiger partial charge in [0.15, 0.2) is 0 Å². The summed E-state index contributed by atoms with van der Waals surface area (Å²) in [5.41, 5.74) is 0.455. The lowest BCUT2D eigenvalue weighted by molar-refractivity contribution is -0.119. The second-order valence-corrected chi connectivity index (χ2v) is 3.75. The molecule has 0 saturated carbocycles. The van der Waals surface area contributed by atoms with Crippen LogP contribution in [-0.2, 0) is 4.79 Å². The summed E-state index contributed by atoms with van der Waals surface area (Å²) in [7, 11) is 1.75. The van der Waals surface area contributed by atoms with Gasteiger partial charge in [0.2, 0.25) is 5.91 Å². The van der Waals surface area contributed by atoms with Crippen LogP contribution in [0.2, 0.25) is 0 Å². The van der Waals surface area contributed by atoms with Crippen molar-refractivity contribution in [3.8, 4) is 6.07 Å². The molecular formula is C12H14FN3O. The van der Waals surface area contributed by atoms with Crippen molar-refractivity contribution in [2.45, 2.75) is 6.92 Å². The number of hydrogen-bond donors (Lipinski definition) is 2. The molecule has 0 aliphatic carbocycles. The average Bonchev–Trinajstić information content (AvgIpc) is 2.31. The molecule has 1 unspecified atom stereocenters. The lowest BCUT2D eigenvalue weighted by Gasteiger charge is -2.12. The lowest BCUT2D eigenvalue weighted by atomic mass is 10.1. The van der Waals surface area contributed by atoms with Crippen molar-refractivity contribution < 1.29 is 9.18 Å². The molecule has 1 aromatic rings. The molecule has 0 heterocycles. The molecule has 0 fully saturated rings. The number of nitrogens with zero attached hydrogens (tertiary/aromatic N) is 1. The highest BCUT2D eigenvalue weighted by molar-refractivity contribution is 5.93. The number of benzene rings is 1. The molecule has 1 atom stereocenters. The monoisotopic (exact) mass is 235 g/mol. The van der Waals surface area contributed by atoms with E-state index in [9.17, 15) is 9.18 Å². The SMILES string of the molecule is CNCC(C)C(=O)Nc1ccc(F)cc1C#N. The van der Waals surface area contributed by atoms with Crippen LogP contribution in [0.5, 0.6) is 0 Å². The van der Waals surface area contributed by atoms with Gasteiger partial charge in [-0.15, -0.1) is 0 Å². The van der Waals surface area contributed by atoms with Crippen molar-refractivity contribution in [2.75, 3.05) is 18.9 Å². The van der Waals surface area contributed by atoms with E-state index in [4.69, 9.17) is 5.26 Å². The van der Waals surface area contributed by atoms with Crippen LogP contribution in [0.15, 0.2) is 18.2 Å². The molecule has 0 spiro atoms. The van der Waals surface area contributed by atoms with Crippen molar-refractivity contribution >= 4 is 11.6 Å². The summed E-state index contributed by atoms with van der Waals surface area (Å²) in [5.74, 6) is -0.929. The van der Waals surface area contributed by atoms with Crippen molar-refractivity contribution in [3.63, 3.8) is 0 Å². The fraction of sp³-hybridized carbons (Fsp3) is 0.333. The quantitative estimate of drug-likeness (QED) is 0.831. The molecule has 1 rings (SSSR count). The smallest absolute Gasteiger partial charge is 0.228 e. The maximum absolute atomic E-state index is 12.9. The second-order valence-electron chi connectivity index (χ2n) is 3.75. The van der Waals surface area contributed by atoms with Crippen LogP contribution in [0, 0.1) is 23.1 Å². The normalized spacial score (nSPS) is 11.6. The number of anilines is 1. The number of nitriles is 1. The van der Waals surface area contributed by atoms with Gasteiger partial charge in [-0.2, -0.15) is 5.26 Å². The minimum atomic E-state index is -0.497. The van der Waals surface area contributed by atoms with Gasteiger partial charge in [0.1, 0.15) is 11.9 Å². The first-order valence-electron chi connectivity index (χ1n) is 5.23. The Morgan fingerprint density at radius 2 is 2.29 bits per heavy atom. The van der Waals surface area contributed by atoms with Crippen molar-refractivity contribution in [2.24, 2.45) is 5.92 Å². The number of halogens is 1. The van der Waals surface area contributed by atoms with E-state index in [0.29, 0.717) is 12.2 Å². The van der Waals surface area contributed by atoms with E-state index in [1.807, 2.05) is 6.07 Å². The Morgan fingerprint density at radius 1 is 1.59 bits per heavy atom. The summed E-state index contributed by atoms with van der Waals surface area (Å²) >= 11 is 0. The van der Waals surface area contributed by atoms with Crippen LogP contribution in [0.3, 0.4) is 0 Å². The number of carbonyl (C=O) groups excluding carboxylic acids is 1. The van der Waals surface area contributed by atoms with Crippen molar-refractivity contribution in [3.05, 3.63) is 29.6 Å². The van der Waals surface area contributed by atoms with Crippen LogP contribution in [0.4, 0.5) is 10.1 Å². The van der Waals surface area contributed by atoms with Crippen molar-refractivity contribution in [1.82, 2.24) is 5.32 Å². The fourth-order valence-electron chi connectivity index (χ4n) is 1.37. The molecule has 0 aliphatic rings. The molecule has 0 radical (unpaired) electrons. The average molecular weight is 235 g/mol. The first kappa shape index (κ1) is 13.1. The van der Waals surface area contributed by atoms with E-state index in [1.54, 1.807) is 14.0 Å². The Balaban J connectivity index is 2.82. The minimum absolute atomic E-state index is 0.120. The van der Waals surface area contributed by atoms with Crippen LogP contribution >= 0.6 is 0 Å². The van der Waals surface area contributed by atoms with E-state index in [-0.39, 0.29) is 17.4 Å². The van der Waals surface area contributed by atoms with Gasteiger partial charge in [0.25, 0.3) is 0 Å². The highest BCUT2D eigenvalue weighted by Crippen LogP contribution is 2.16. The third-order valence-corrected chi connectivity index (χ3v) is 2.32. The summed E-state index contributed by atoms with van der Waals surface area (Å²) in [5, 5.41) is 14.3. The molecule has 0 aliphatic heterocycles. The van der Waals surface area contributed by atoms with Crippen LogP contribution in [0.25, 0.3) is 0 Å². The summed E-state index contributed by atoms with van der Waals surface area (Å²) in [6.07, 6.45) is 0. The summed E-state index contributed by atoms with van der Waals surface area (Å²) in [4.78, 5) is 11.7. The summed E-state index contributed by atoms with van der Waals surface area (Å²) < 4.78 is 12.9. The van der Waals surface area contributed by atoms with Gasteiger partial charge < -0.3 is 10.6 Å². The van der Waals surface area contributed by atoms with Gasteiger partial charge in [0, 0.05) is 12.5 Å². The topological polar surface area (TPSA) is 64.9 Å². The molecule has 0 saturated heterocycles. The number of carbonyl (C=O) groups is 1. The first-order valence-corrected chi connectivity index (χ1v) is 5.23. The van der Waals surface area contributed by atoms with Gasteiger partial charge in [-0.25, -0.2) is 4.39 Å². The Labute approximate surface area is 99.4 Å². The van der Waals surface area contributed by atoms with Gasteiger partial charge in [-0.1, -0.05) is 6.92 Å². The molecule has 4 nitrogen and oxygen atoms in total. The highest BCUT2D eigenvalue weighted by atomic mass is 19.1. The lowest BCUT2D eigenvalue weighted by Crippen LogP contribution is -2.28. The predicted octanol–water partition coefficient (Wildman–Crippen LogP) is 1.49. The first-order chi connectivity index (χ1) is 8.08. The maximum atomic E-state index is 12.9. The number of hydrogen-bond acceptors (Lipinski definition) is 3. The van der Waals surface area contributed by atoms with Gasteiger partial charge in [-0.05, 0) is 25.2 Å². The van der Waals surface area contributed by atoms with E-state index < -0.39 is 5.82 Å². The van der Waals surface area contributed by atoms with Gasteiger partial charge >= 0.3 is 0 Å².